The Morgan fingerprint density at radius 1 is 1.32 bits per heavy atom. The first kappa shape index (κ1) is 17.8. The summed E-state index contributed by atoms with van der Waals surface area (Å²) in [4.78, 5) is 15.3. The molecule has 0 saturated heterocycles. The second kappa shape index (κ2) is 10.4. The van der Waals surface area contributed by atoms with Crippen molar-refractivity contribution < 1.29 is 14.3 Å². The number of carbonyl (C=O) groups is 1. The highest BCUT2D eigenvalue weighted by atomic mass is 16.5. The minimum atomic E-state index is -0.494. The maximum absolute atomic E-state index is 11.1. The van der Waals surface area contributed by atoms with Crippen LogP contribution in [0, 0.1) is 0 Å². The molecule has 0 spiro atoms. The van der Waals surface area contributed by atoms with Crippen molar-refractivity contribution in [2.45, 2.75) is 19.9 Å². The predicted molar refractivity (Wildman–Crippen MR) is 86.9 cm³/mol. The van der Waals surface area contributed by atoms with Crippen molar-refractivity contribution in [1.29, 1.82) is 0 Å². The molecule has 1 aromatic carbocycles. The first-order valence-electron chi connectivity index (χ1n) is 7.21. The number of hydrogen-bond acceptors (Lipinski definition) is 4. The summed E-state index contributed by atoms with van der Waals surface area (Å²) in [6.07, 6.45) is 0.393. The number of nitrogens with one attached hydrogen (secondary N) is 2. The van der Waals surface area contributed by atoms with Gasteiger partial charge in [0.15, 0.2) is 5.96 Å². The lowest BCUT2D eigenvalue weighted by Crippen LogP contribution is -2.32. The van der Waals surface area contributed by atoms with Gasteiger partial charge in [-0.2, -0.15) is 0 Å². The molecule has 1 amide bonds. The lowest BCUT2D eigenvalue weighted by Gasteiger charge is -2.06. The number of guanidine groups is 1. The Balaban J connectivity index is 2.33. The number of nitrogens with zero attached hydrogens (tertiary/aromatic N) is 1. The monoisotopic (exact) mass is 308 g/mol. The normalized spacial score (nSPS) is 11.1. The summed E-state index contributed by atoms with van der Waals surface area (Å²) in [6, 6.07) is 7.31. The molecule has 0 aromatic heterocycles. The van der Waals surface area contributed by atoms with Crippen LogP contribution in [0.5, 0.6) is 0 Å². The van der Waals surface area contributed by atoms with E-state index in [0.29, 0.717) is 24.8 Å². The molecule has 0 bridgehead atoms. The van der Waals surface area contributed by atoms with E-state index in [1.165, 1.54) is 7.11 Å². The fourth-order valence-electron chi connectivity index (χ4n) is 1.63. The molecule has 7 nitrogen and oxygen atoms in total. The van der Waals surface area contributed by atoms with Crippen LogP contribution in [0.2, 0.25) is 0 Å². The number of ether oxygens (including phenoxy) is 2. The van der Waals surface area contributed by atoms with Gasteiger partial charge in [-0.25, -0.2) is 9.79 Å². The Labute approximate surface area is 130 Å². The van der Waals surface area contributed by atoms with Crippen LogP contribution in [-0.4, -0.2) is 38.9 Å². The van der Waals surface area contributed by atoms with Crippen molar-refractivity contribution in [3.05, 3.63) is 29.8 Å². The van der Waals surface area contributed by atoms with Crippen molar-refractivity contribution in [3.63, 3.8) is 0 Å². The van der Waals surface area contributed by atoms with Crippen molar-refractivity contribution in [2.24, 2.45) is 10.7 Å². The van der Waals surface area contributed by atoms with Crippen molar-refractivity contribution in [2.75, 3.05) is 32.2 Å². The minimum Gasteiger partial charge on any atom is -0.453 e. The van der Waals surface area contributed by atoms with Gasteiger partial charge >= 0.3 is 6.09 Å². The molecular weight excluding hydrogens is 284 g/mol. The molecule has 7 heteroatoms. The maximum Gasteiger partial charge on any atom is 0.411 e. The Hall–Kier alpha value is -2.28. The lowest BCUT2D eigenvalue weighted by molar-refractivity contribution is 0.145. The van der Waals surface area contributed by atoms with Gasteiger partial charge in [-0.3, -0.25) is 5.32 Å². The lowest BCUT2D eigenvalue weighted by atomic mass is 10.2. The van der Waals surface area contributed by atoms with Gasteiger partial charge in [0, 0.05) is 25.4 Å². The molecular formula is C15H24N4O3. The molecule has 0 heterocycles. The summed E-state index contributed by atoms with van der Waals surface area (Å²) in [7, 11) is 1.32. The fraction of sp³-hybridized carbons (Fsp3) is 0.467. The predicted octanol–water partition coefficient (Wildman–Crippen LogP) is 1.70. The zero-order chi connectivity index (χ0) is 16.2. The van der Waals surface area contributed by atoms with Crippen LogP contribution in [0.3, 0.4) is 0 Å². The average Bonchev–Trinajstić information content (AvgIpc) is 2.54. The van der Waals surface area contributed by atoms with Gasteiger partial charge in [0.05, 0.1) is 13.7 Å². The number of amides is 1. The van der Waals surface area contributed by atoms with Crippen LogP contribution >= 0.6 is 0 Å². The number of aliphatic imine (C=N–C) groups is 1. The zero-order valence-corrected chi connectivity index (χ0v) is 13.1. The highest BCUT2D eigenvalue weighted by molar-refractivity contribution is 5.84. The van der Waals surface area contributed by atoms with Crippen LogP contribution in [0.15, 0.2) is 29.3 Å². The van der Waals surface area contributed by atoms with E-state index in [0.717, 1.165) is 25.1 Å². The number of benzene rings is 1. The molecule has 0 fully saturated rings. The number of methoxy groups -OCH3 is 1. The summed E-state index contributed by atoms with van der Waals surface area (Å²) in [5.41, 5.74) is 7.44. The molecule has 0 aliphatic rings. The average molecular weight is 308 g/mol. The molecule has 122 valence electrons. The quantitative estimate of drug-likeness (QED) is 0.386. The van der Waals surface area contributed by atoms with Crippen LogP contribution in [0.4, 0.5) is 10.5 Å². The van der Waals surface area contributed by atoms with Gasteiger partial charge in [-0.15, -0.1) is 0 Å². The molecule has 0 saturated carbocycles. The second-order valence-electron chi connectivity index (χ2n) is 4.49. The number of hydrogen-bond donors (Lipinski definition) is 3. The van der Waals surface area contributed by atoms with E-state index in [9.17, 15) is 4.79 Å². The van der Waals surface area contributed by atoms with Crippen LogP contribution in [-0.2, 0) is 16.0 Å². The van der Waals surface area contributed by atoms with E-state index < -0.39 is 6.09 Å². The molecule has 0 aliphatic heterocycles. The third-order valence-corrected chi connectivity index (χ3v) is 2.79. The molecule has 4 N–H and O–H groups in total. The van der Waals surface area contributed by atoms with Gasteiger partial charge in [0.2, 0.25) is 0 Å². The smallest absolute Gasteiger partial charge is 0.411 e. The Morgan fingerprint density at radius 3 is 2.68 bits per heavy atom. The van der Waals surface area contributed by atoms with Gasteiger partial charge in [0.25, 0.3) is 0 Å². The third-order valence-electron chi connectivity index (χ3n) is 2.79. The summed E-state index contributed by atoms with van der Waals surface area (Å²) in [5.74, 6) is 0.410. The van der Waals surface area contributed by atoms with Gasteiger partial charge in [0.1, 0.15) is 0 Å². The first-order chi connectivity index (χ1) is 10.7. The van der Waals surface area contributed by atoms with E-state index in [1.54, 1.807) is 12.1 Å². The molecule has 0 aliphatic carbocycles. The Bertz CT molecular complexity index is 474. The molecule has 1 aromatic rings. The van der Waals surface area contributed by atoms with E-state index in [4.69, 9.17) is 10.5 Å². The van der Waals surface area contributed by atoms with Crippen molar-refractivity contribution in [3.8, 4) is 0 Å². The third kappa shape index (κ3) is 7.49. The van der Waals surface area contributed by atoms with Crippen molar-refractivity contribution >= 4 is 17.7 Å². The first-order valence-corrected chi connectivity index (χ1v) is 7.21. The molecule has 0 unspecified atom stereocenters. The summed E-state index contributed by atoms with van der Waals surface area (Å²) in [6.45, 7) is 4.62. The van der Waals surface area contributed by atoms with Crippen LogP contribution < -0.4 is 16.4 Å². The molecule has 22 heavy (non-hydrogen) atoms. The largest absolute Gasteiger partial charge is 0.453 e. The Kier molecular flexibility index (Phi) is 8.44. The minimum absolute atomic E-state index is 0.410. The van der Waals surface area contributed by atoms with E-state index in [2.05, 4.69) is 20.4 Å². The van der Waals surface area contributed by atoms with E-state index in [1.807, 2.05) is 19.1 Å². The number of nitrogens with two attached hydrogens (primary N) is 1. The fourth-order valence-corrected chi connectivity index (χ4v) is 1.63. The van der Waals surface area contributed by atoms with Crippen LogP contribution in [0.1, 0.15) is 18.9 Å². The summed E-state index contributed by atoms with van der Waals surface area (Å²) < 4.78 is 9.75. The zero-order valence-electron chi connectivity index (χ0n) is 13.1. The molecule has 0 atom stereocenters. The van der Waals surface area contributed by atoms with Gasteiger partial charge in [-0.05, 0) is 31.0 Å². The number of carbonyl (C=O) groups excluding carboxylic acids is 1. The Morgan fingerprint density at radius 2 is 2.05 bits per heavy atom. The van der Waals surface area contributed by atoms with Gasteiger partial charge in [-0.1, -0.05) is 12.1 Å². The highest BCUT2D eigenvalue weighted by Crippen LogP contribution is 2.10. The summed E-state index contributed by atoms with van der Waals surface area (Å²) in [5, 5.41) is 5.61. The standard InChI is InChI=1S/C15H24N4O3/c1-3-22-10-4-9-17-14(16)18-11-12-5-7-13(8-6-12)19-15(20)21-2/h5-8H,3-4,9-11H2,1-2H3,(H,19,20)(H3,16,17,18). The van der Waals surface area contributed by atoms with Crippen LogP contribution in [0.25, 0.3) is 0 Å². The van der Waals surface area contributed by atoms with E-state index in [-0.39, 0.29) is 0 Å². The second-order valence-corrected chi connectivity index (χ2v) is 4.49. The van der Waals surface area contributed by atoms with Crippen molar-refractivity contribution in [1.82, 2.24) is 5.32 Å². The number of rotatable bonds is 8. The number of anilines is 1. The highest BCUT2D eigenvalue weighted by Gasteiger charge is 2.00. The molecule has 1 rings (SSSR count). The van der Waals surface area contributed by atoms with E-state index >= 15 is 0 Å². The summed E-state index contributed by atoms with van der Waals surface area (Å²) >= 11 is 0. The maximum atomic E-state index is 11.1. The SMILES string of the molecule is CCOCCCNC(N)=NCc1ccc(NC(=O)OC)cc1. The topological polar surface area (TPSA) is 98.0 Å². The van der Waals surface area contributed by atoms with Gasteiger partial charge < -0.3 is 20.5 Å². The molecule has 0 radical (unpaired) electrons.